The molecular weight excluding hydrogens is 322 g/mol. The standard InChI is InChI=1S/C18H19N3O2S/c1-23-13-9-16(24-11-13)18(22)21-8-4-5-12(10-21)17-19-14-6-2-3-7-15(14)20-17/h2-3,6-7,9,11-12H,4-5,8,10H2,1H3,(H,19,20)/t12-/m0/s1. The highest BCUT2D eigenvalue weighted by Crippen LogP contribution is 2.29. The number of carbonyl (C=O) groups excluding carboxylic acids is 1. The Bertz CT molecular complexity index is 837. The van der Waals surface area contributed by atoms with E-state index in [9.17, 15) is 4.79 Å². The molecule has 0 bridgehead atoms. The molecule has 0 saturated carbocycles. The van der Waals surface area contributed by atoms with Crippen LogP contribution in [0.4, 0.5) is 0 Å². The molecule has 2 aromatic heterocycles. The number of amides is 1. The van der Waals surface area contributed by atoms with Crippen LogP contribution < -0.4 is 4.74 Å². The second-order valence-electron chi connectivity index (χ2n) is 6.08. The van der Waals surface area contributed by atoms with Crippen molar-refractivity contribution in [2.24, 2.45) is 0 Å². The Morgan fingerprint density at radius 3 is 3.08 bits per heavy atom. The number of hydrogen-bond donors (Lipinski definition) is 1. The number of nitrogens with one attached hydrogen (secondary N) is 1. The van der Waals surface area contributed by atoms with Crippen LogP contribution in [0, 0.1) is 0 Å². The molecule has 6 heteroatoms. The maximum absolute atomic E-state index is 12.7. The summed E-state index contributed by atoms with van der Waals surface area (Å²) in [7, 11) is 1.62. The molecule has 1 aliphatic heterocycles. The van der Waals surface area contributed by atoms with Gasteiger partial charge in [-0.25, -0.2) is 4.98 Å². The molecule has 124 valence electrons. The summed E-state index contributed by atoms with van der Waals surface area (Å²) in [5, 5.41) is 1.87. The summed E-state index contributed by atoms with van der Waals surface area (Å²) in [5.41, 5.74) is 2.04. The lowest BCUT2D eigenvalue weighted by molar-refractivity contribution is 0.0709. The number of nitrogens with zero attached hydrogens (tertiary/aromatic N) is 2. The molecule has 1 N–H and O–H groups in total. The highest BCUT2D eigenvalue weighted by molar-refractivity contribution is 7.12. The first-order chi connectivity index (χ1) is 11.7. The molecule has 1 fully saturated rings. The van der Waals surface area contributed by atoms with Crippen molar-refractivity contribution >= 4 is 28.3 Å². The number of ether oxygens (including phenoxy) is 1. The number of piperidine rings is 1. The fourth-order valence-electron chi connectivity index (χ4n) is 3.24. The van der Waals surface area contributed by atoms with E-state index < -0.39 is 0 Å². The monoisotopic (exact) mass is 341 g/mol. The second kappa shape index (κ2) is 6.28. The van der Waals surface area contributed by atoms with E-state index >= 15 is 0 Å². The van der Waals surface area contributed by atoms with E-state index in [1.54, 1.807) is 7.11 Å². The van der Waals surface area contributed by atoms with Crippen LogP contribution >= 0.6 is 11.3 Å². The second-order valence-corrected chi connectivity index (χ2v) is 6.99. The van der Waals surface area contributed by atoms with Gasteiger partial charge < -0.3 is 14.6 Å². The maximum atomic E-state index is 12.7. The normalized spacial score (nSPS) is 18.0. The third kappa shape index (κ3) is 2.78. The lowest BCUT2D eigenvalue weighted by atomic mass is 9.97. The van der Waals surface area contributed by atoms with Crippen LogP contribution in [0.2, 0.25) is 0 Å². The fraction of sp³-hybridized carbons (Fsp3) is 0.333. The Hall–Kier alpha value is -2.34. The highest BCUT2D eigenvalue weighted by atomic mass is 32.1. The van der Waals surface area contributed by atoms with Gasteiger partial charge in [-0.05, 0) is 25.0 Å². The van der Waals surface area contributed by atoms with Crippen LogP contribution in [0.1, 0.15) is 34.3 Å². The van der Waals surface area contributed by atoms with E-state index in [0.717, 1.165) is 46.9 Å². The summed E-state index contributed by atoms with van der Waals surface area (Å²) in [6, 6.07) is 9.87. The van der Waals surface area contributed by atoms with Crippen LogP contribution in [-0.4, -0.2) is 41.0 Å². The van der Waals surface area contributed by atoms with Gasteiger partial charge in [0.25, 0.3) is 5.91 Å². The zero-order chi connectivity index (χ0) is 16.5. The van der Waals surface area contributed by atoms with Gasteiger partial charge >= 0.3 is 0 Å². The fourth-order valence-corrected chi connectivity index (χ4v) is 4.07. The van der Waals surface area contributed by atoms with Crippen molar-refractivity contribution in [2.75, 3.05) is 20.2 Å². The SMILES string of the molecule is COc1csc(C(=O)N2CCC[C@H](c3nc4ccccc4[nH]3)C2)c1. The summed E-state index contributed by atoms with van der Waals surface area (Å²) < 4.78 is 5.18. The third-order valence-electron chi connectivity index (χ3n) is 4.52. The average molecular weight is 341 g/mol. The zero-order valence-electron chi connectivity index (χ0n) is 13.5. The van der Waals surface area contributed by atoms with Crippen molar-refractivity contribution < 1.29 is 9.53 Å². The number of rotatable bonds is 3. The summed E-state index contributed by atoms with van der Waals surface area (Å²) in [6.07, 6.45) is 2.05. The molecule has 5 nitrogen and oxygen atoms in total. The molecule has 1 amide bonds. The average Bonchev–Trinajstić information content (AvgIpc) is 3.28. The molecule has 4 rings (SSSR count). The van der Waals surface area contributed by atoms with Crippen LogP contribution in [0.25, 0.3) is 11.0 Å². The summed E-state index contributed by atoms with van der Waals surface area (Å²) in [5.74, 6) is 2.08. The van der Waals surface area contributed by atoms with Crippen molar-refractivity contribution in [1.29, 1.82) is 0 Å². The molecule has 0 spiro atoms. The molecule has 1 atom stereocenters. The molecule has 24 heavy (non-hydrogen) atoms. The van der Waals surface area contributed by atoms with Gasteiger partial charge in [0.1, 0.15) is 11.6 Å². The van der Waals surface area contributed by atoms with Crippen molar-refractivity contribution in [3.8, 4) is 5.75 Å². The number of fused-ring (bicyclic) bond motifs is 1. The molecule has 0 unspecified atom stereocenters. The zero-order valence-corrected chi connectivity index (χ0v) is 14.3. The number of hydrogen-bond acceptors (Lipinski definition) is 4. The van der Waals surface area contributed by atoms with Gasteiger partial charge in [-0.3, -0.25) is 4.79 Å². The lowest BCUT2D eigenvalue weighted by Crippen LogP contribution is -2.39. The van der Waals surface area contributed by atoms with Crippen molar-refractivity contribution in [3.05, 3.63) is 46.4 Å². The molecule has 1 aromatic carbocycles. The predicted octanol–water partition coefficient (Wildman–Crippen LogP) is 3.65. The van der Waals surface area contributed by atoms with Crippen molar-refractivity contribution in [3.63, 3.8) is 0 Å². The quantitative estimate of drug-likeness (QED) is 0.791. The van der Waals surface area contributed by atoms with E-state index in [4.69, 9.17) is 9.72 Å². The molecule has 3 aromatic rings. The van der Waals surface area contributed by atoms with Crippen LogP contribution in [0.3, 0.4) is 0 Å². The molecule has 0 radical (unpaired) electrons. The summed E-state index contributed by atoms with van der Waals surface area (Å²) in [4.78, 5) is 23.5. The van der Waals surface area contributed by atoms with Gasteiger partial charge in [0.2, 0.25) is 0 Å². The molecular formula is C18H19N3O2S. The summed E-state index contributed by atoms with van der Waals surface area (Å²) >= 11 is 1.44. The van der Waals surface area contributed by atoms with Crippen LogP contribution in [-0.2, 0) is 0 Å². The van der Waals surface area contributed by atoms with Gasteiger partial charge in [-0.2, -0.15) is 0 Å². The molecule has 1 saturated heterocycles. The molecule has 1 aliphatic rings. The van der Waals surface area contributed by atoms with E-state index in [1.165, 1.54) is 11.3 Å². The van der Waals surface area contributed by atoms with Gasteiger partial charge in [-0.15, -0.1) is 11.3 Å². The number of H-pyrrole nitrogens is 1. The maximum Gasteiger partial charge on any atom is 0.264 e. The largest absolute Gasteiger partial charge is 0.496 e. The number of imidazole rings is 1. The van der Waals surface area contributed by atoms with Crippen molar-refractivity contribution in [1.82, 2.24) is 14.9 Å². The number of likely N-dealkylation sites (tertiary alicyclic amines) is 1. The first kappa shape index (κ1) is 15.2. The third-order valence-corrected chi connectivity index (χ3v) is 5.42. The Morgan fingerprint density at radius 1 is 1.42 bits per heavy atom. The first-order valence-corrected chi connectivity index (χ1v) is 8.99. The Morgan fingerprint density at radius 2 is 2.29 bits per heavy atom. The van der Waals surface area contributed by atoms with E-state index in [1.807, 2.05) is 40.6 Å². The number of thiophene rings is 1. The minimum Gasteiger partial charge on any atom is -0.496 e. The van der Waals surface area contributed by atoms with Gasteiger partial charge in [0.05, 0.1) is 23.0 Å². The number of para-hydroxylation sites is 2. The Kier molecular flexibility index (Phi) is 3.98. The number of aromatic amines is 1. The topological polar surface area (TPSA) is 58.2 Å². The minimum absolute atomic E-state index is 0.0871. The van der Waals surface area contributed by atoms with Gasteiger partial charge in [0.15, 0.2) is 0 Å². The predicted molar refractivity (Wildman–Crippen MR) is 94.8 cm³/mol. The Balaban J connectivity index is 1.53. The Labute approximate surface area is 144 Å². The highest BCUT2D eigenvalue weighted by Gasteiger charge is 2.28. The van der Waals surface area contributed by atoms with E-state index in [-0.39, 0.29) is 11.8 Å². The molecule has 3 heterocycles. The number of aromatic nitrogens is 2. The van der Waals surface area contributed by atoms with Gasteiger partial charge in [-0.1, -0.05) is 12.1 Å². The van der Waals surface area contributed by atoms with E-state index in [2.05, 4.69) is 4.98 Å². The minimum atomic E-state index is 0.0871. The first-order valence-electron chi connectivity index (χ1n) is 8.11. The lowest BCUT2D eigenvalue weighted by Gasteiger charge is -2.31. The van der Waals surface area contributed by atoms with E-state index in [0.29, 0.717) is 6.54 Å². The van der Waals surface area contributed by atoms with Crippen LogP contribution in [0.15, 0.2) is 35.7 Å². The van der Waals surface area contributed by atoms with Crippen LogP contribution in [0.5, 0.6) is 5.75 Å². The number of methoxy groups -OCH3 is 1. The van der Waals surface area contributed by atoms with Gasteiger partial charge in [0, 0.05) is 30.5 Å². The smallest absolute Gasteiger partial charge is 0.264 e. The number of carbonyl (C=O) groups is 1. The molecule has 0 aliphatic carbocycles. The number of benzene rings is 1. The van der Waals surface area contributed by atoms with Crippen molar-refractivity contribution in [2.45, 2.75) is 18.8 Å². The summed E-state index contributed by atoms with van der Waals surface area (Å²) in [6.45, 7) is 1.51.